The predicted octanol–water partition coefficient (Wildman–Crippen LogP) is 5.52. The van der Waals surface area contributed by atoms with E-state index >= 15 is 0 Å². The number of esters is 2. The normalized spacial score (nSPS) is 10.8. The van der Waals surface area contributed by atoms with Crippen molar-refractivity contribution in [2.75, 3.05) is 13.2 Å². The van der Waals surface area contributed by atoms with E-state index in [0.717, 1.165) is 30.6 Å². The largest absolute Gasteiger partial charge is 0.463 e. The summed E-state index contributed by atoms with van der Waals surface area (Å²) in [5.74, 6) is -1.02. The van der Waals surface area contributed by atoms with Crippen molar-refractivity contribution in [3.8, 4) is 0 Å². The van der Waals surface area contributed by atoms with Crippen LogP contribution in [0.4, 0.5) is 0 Å². The van der Waals surface area contributed by atoms with Gasteiger partial charge in [0.15, 0.2) is 0 Å². The molecular weight excluding hydrogens is 316 g/mol. The molecule has 0 unspecified atom stereocenters. The minimum atomic E-state index is -0.530. The molecule has 0 aliphatic rings. The molecule has 25 heavy (non-hydrogen) atoms. The van der Waals surface area contributed by atoms with Gasteiger partial charge in [-0.2, -0.15) is 0 Å². The van der Waals surface area contributed by atoms with E-state index in [9.17, 15) is 9.59 Å². The van der Waals surface area contributed by atoms with Gasteiger partial charge in [-0.25, -0.2) is 9.59 Å². The van der Waals surface area contributed by atoms with Crippen LogP contribution in [0.2, 0.25) is 0 Å². The third-order valence-electron chi connectivity index (χ3n) is 3.87. The third-order valence-corrected chi connectivity index (χ3v) is 3.87. The van der Waals surface area contributed by atoms with Crippen molar-refractivity contribution in [2.45, 2.75) is 84.5 Å². The van der Waals surface area contributed by atoms with Gasteiger partial charge < -0.3 is 9.47 Å². The topological polar surface area (TPSA) is 52.6 Å². The van der Waals surface area contributed by atoms with Crippen molar-refractivity contribution in [3.05, 3.63) is 24.3 Å². The van der Waals surface area contributed by atoms with Gasteiger partial charge in [0.25, 0.3) is 0 Å². The molecule has 0 rings (SSSR count). The van der Waals surface area contributed by atoms with Gasteiger partial charge in [0.2, 0.25) is 0 Å². The molecule has 0 aromatic carbocycles. The van der Waals surface area contributed by atoms with Gasteiger partial charge in [-0.05, 0) is 13.3 Å². The Labute approximate surface area is 153 Å². The Morgan fingerprint density at radius 2 is 1.20 bits per heavy atom. The van der Waals surface area contributed by atoms with Crippen molar-refractivity contribution in [1.82, 2.24) is 0 Å². The van der Waals surface area contributed by atoms with Crippen LogP contribution in [0.25, 0.3) is 0 Å². The smallest absolute Gasteiger partial charge is 0.331 e. The van der Waals surface area contributed by atoms with E-state index in [4.69, 9.17) is 9.47 Å². The fourth-order valence-corrected chi connectivity index (χ4v) is 2.32. The highest BCUT2D eigenvalue weighted by Gasteiger charge is 2.01. The first-order chi connectivity index (χ1) is 12.1. The number of hydrogen-bond donors (Lipinski definition) is 0. The predicted molar refractivity (Wildman–Crippen MR) is 102 cm³/mol. The molecule has 144 valence electrons. The van der Waals surface area contributed by atoms with Crippen LogP contribution in [0.3, 0.4) is 0 Å². The molecule has 0 fully saturated rings. The van der Waals surface area contributed by atoms with Crippen molar-refractivity contribution in [1.29, 1.82) is 0 Å². The van der Waals surface area contributed by atoms with Gasteiger partial charge in [-0.1, -0.05) is 70.3 Å². The van der Waals surface area contributed by atoms with Crippen LogP contribution in [0.15, 0.2) is 24.3 Å². The monoisotopic (exact) mass is 352 g/mol. The molecule has 0 heterocycles. The van der Waals surface area contributed by atoms with Crippen LogP contribution < -0.4 is 0 Å². The average molecular weight is 353 g/mol. The Morgan fingerprint density at radius 1 is 0.760 bits per heavy atom. The number of rotatable bonds is 16. The maximum Gasteiger partial charge on any atom is 0.331 e. The summed E-state index contributed by atoms with van der Waals surface area (Å²) in [7, 11) is 0. The van der Waals surface area contributed by atoms with Gasteiger partial charge in [0.05, 0.1) is 13.2 Å². The van der Waals surface area contributed by atoms with E-state index in [1.165, 1.54) is 51.4 Å². The molecular formula is C21H36O4. The lowest BCUT2D eigenvalue weighted by Crippen LogP contribution is -2.06. The summed E-state index contributed by atoms with van der Waals surface area (Å²) in [4.78, 5) is 22.8. The summed E-state index contributed by atoms with van der Waals surface area (Å²) in [5.41, 5.74) is 0.952. The number of carbonyl (C=O) groups excluding carboxylic acids is 2. The molecule has 0 spiro atoms. The third kappa shape index (κ3) is 18.6. The molecule has 0 atom stereocenters. The number of carbonyl (C=O) groups is 2. The first-order valence-electron chi connectivity index (χ1n) is 9.72. The molecule has 0 amide bonds. The first-order valence-corrected chi connectivity index (χ1v) is 9.72. The van der Waals surface area contributed by atoms with Crippen molar-refractivity contribution < 1.29 is 19.1 Å². The van der Waals surface area contributed by atoms with Crippen molar-refractivity contribution in [3.63, 3.8) is 0 Å². The van der Waals surface area contributed by atoms with E-state index < -0.39 is 11.9 Å². The molecule has 0 aromatic rings. The van der Waals surface area contributed by atoms with Crippen LogP contribution in [0, 0.1) is 0 Å². The average Bonchev–Trinajstić information content (AvgIpc) is 2.57. The molecule has 0 aliphatic carbocycles. The Bertz CT molecular complexity index is 399. The van der Waals surface area contributed by atoms with Gasteiger partial charge in [-0.15, -0.1) is 6.58 Å². The highest BCUT2D eigenvalue weighted by molar-refractivity contribution is 5.91. The summed E-state index contributed by atoms with van der Waals surface area (Å²) in [6.07, 6.45) is 15.3. The molecule has 0 aliphatic heterocycles. The van der Waals surface area contributed by atoms with Crippen molar-refractivity contribution >= 4 is 11.9 Å². The zero-order valence-corrected chi connectivity index (χ0v) is 16.2. The van der Waals surface area contributed by atoms with Crippen LogP contribution in [0.5, 0.6) is 0 Å². The highest BCUT2D eigenvalue weighted by atomic mass is 16.5. The quantitative estimate of drug-likeness (QED) is 0.159. The first kappa shape index (κ1) is 23.4. The number of hydrogen-bond acceptors (Lipinski definition) is 4. The summed E-state index contributed by atoms with van der Waals surface area (Å²) < 4.78 is 9.98. The molecule has 0 bridgehead atoms. The summed E-state index contributed by atoms with van der Waals surface area (Å²) in [6, 6.07) is 0. The number of ether oxygens (including phenoxy) is 2. The maximum absolute atomic E-state index is 11.5. The molecule has 4 nitrogen and oxygen atoms in total. The van der Waals surface area contributed by atoms with Crippen LogP contribution in [0.1, 0.15) is 84.5 Å². The lowest BCUT2D eigenvalue weighted by molar-refractivity contribution is -0.140. The summed E-state index contributed by atoms with van der Waals surface area (Å²) in [6.45, 7) is 8.52. The molecule has 0 aromatic heterocycles. The fourth-order valence-electron chi connectivity index (χ4n) is 2.32. The fraction of sp³-hybridized carbons (Fsp3) is 0.714. The van der Waals surface area contributed by atoms with Crippen molar-refractivity contribution in [2.24, 2.45) is 0 Å². The van der Waals surface area contributed by atoms with Gasteiger partial charge in [0, 0.05) is 18.6 Å². The Kier molecular flexibility index (Phi) is 16.2. The zero-order chi connectivity index (χ0) is 18.8. The molecule has 0 saturated heterocycles. The second-order valence-electron chi connectivity index (χ2n) is 6.56. The second kappa shape index (κ2) is 17.2. The molecule has 0 saturated carbocycles. The van der Waals surface area contributed by atoms with Crippen LogP contribution in [-0.2, 0) is 19.1 Å². The Morgan fingerprint density at radius 3 is 1.68 bits per heavy atom. The maximum atomic E-state index is 11.5. The van der Waals surface area contributed by atoms with Gasteiger partial charge in [0.1, 0.15) is 0 Å². The molecule has 4 heteroatoms. The van der Waals surface area contributed by atoms with Gasteiger partial charge >= 0.3 is 11.9 Å². The minimum Gasteiger partial charge on any atom is -0.463 e. The second-order valence-corrected chi connectivity index (χ2v) is 6.56. The lowest BCUT2D eigenvalue weighted by atomic mass is 10.1. The van der Waals surface area contributed by atoms with E-state index in [0.29, 0.717) is 13.0 Å². The highest BCUT2D eigenvalue weighted by Crippen LogP contribution is 2.10. The van der Waals surface area contributed by atoms with Gasteiger partial charge in [-0.3, -0.25) is 0 Å². The van der Waals surface area contributed by atoms with E-state index in [1.54, 1.807) is 0 Å². The van der Waals surface area contributed by atoms with E-state index in [1.807, 2.05) is 6.92 Å². The Hall–Kier alpha value is -1.58. The summed E-state index contributed by atoms with van der Waals surface area (Å²) in [5, 5.41) is 0. The van der Waals surface area contributed by atoms with E-state index in [-0.39, 0.29) is 6.61 Å². The standard InChI is InChI=1S/C21H36O4/c1-4-5-6-7-8-9-10-11-12-13-17-24-20(22)14-15-21(23)25-18-16-19(2)3/h14-15H,2,4-13,16-18H2,1,3H3/b15-14+. The van der Waals surface area contributed by atoms with E-state index in [2.05, 4.69) is 13.5 Å². The van der Waals surface area contributed by atoms with Crippen LogP contribution >= 0.6 is 0 Å². The molecule has 0 radical (unpaired) electrons. The minimum absolute atomic E-state index is 0.284. The summed E-state index contributed by atoms with van der Waals surface area (Å²) >= 11 is 0. The SMILES string of the molecule is C=C(C)CCOC(=O)/C=C/C(=O)OCCCCCCCCCCCC. The lowest BCUT2D eigenvalue weighted by Gasteiger charge is -2.03. The Balaban J connectivity index is 3.44. The zero-order valence-electron chi connectivity index (χ0n) is 16.2. The molecule has 0 N–H and O–H groups in total. The number of unbranched alkanes of at least 4 members (excludes halogenated alkanes) is 9. The van der Waals surface area contributed by atoms with Crippen LogP contribution in [-0.4, -0.2) is 25.2 Å².